The van der Waals surface area contributed by atoms with Gasteiger partial charge in [-0.15, -0.1) is 11.3 Å². The Hall–Kier alpha value is -1.88. The summed E-state index contributed by atoms with van der Waals surface area (Å²) in [6, 6.07) is 8.10. The zero-order valence-electron chi connectivity index (χ0n) is 12.8. The molecular weight excluding hydrogens is 298 g/mol. The molecule has 0 radical (unpaired) electrons. The quantitative estimate of drug-likeness (QED) is 0.925. The van der Waals surface area contributed by atoms with E-state index in [9.17, 15) is 9.90 Å². The van der Waals surface area contributed by atoms with E-state index in [4.69, 9.17) is 4.74 Å². The zero-order chi connectivity index (χ0) is 15.7. The largest absolute Gasteiger partial charge is 0.497 e. The van der Waals surface area contributed by atoms with Crippen LogP contribution in [0.3, 0.4) is 0 Å². The second-order valence-corrected chi connectivity index (χ2v) is 6.76. The van der Waals surface area contributed by atoms with Gasteiger partial charge < -0.3 is 9.84 Å². The number of hydrogen-bond acceptors (Lipinski definition) is 4. The van der Waals surface area contributed by atoms with E-state index < -0.39 is 5.97 Å². The van der Waals surface area contributed by atoms with Crippen LogP contribution in [0.2, 0.25) is 0 Å². The van der Waals surface area contributed by atoms with E-state index in [0.29, 0.717) is 10.6 Å². The number of ether oxygens (including phenoxy) is 1. The number of methoxy groups -OCH3 is 1. The standard InChI is InChI=1S/C17H19NO3S/c1-11-14(15(19)20)22-16(18-11)17(9-3-4-10-17)12-5-7-13(21-2)8-6-12/h5-8H,3-4,9-10H2,1-2H3,(H,19,20). The number of aromatic carboxylic acids is 1. The molecular formula is C17H19NO3S. The third kappa shape index (κ3) is 2.39. The third-order valence-electron chi connectivity index (χ3n) is 4.50. The van der Waals surface area contributed by atoms with E-state index >= 15 is 0 Å². The van der Waals surface area contributed by atoms with Crippen LogP contribution in [-0.2, 0) is 5.41 Å². The number of aryl methyl sites for hydroxylation is 1. The van der Waals surface area contributed by atoms with E-state index in [1.807, 2.05) is 12.1 Å². The molecule has 1 fully saturated rings. The first-order valence-corrected chi connectivity index (χ1v) is 8.24. The van der Waals surface area contributed by atoms with Crippen LogP contribution >= 0.6 is 11.3 Å². The normalized spacial score (nSPS) is 16.6. The minimum absolute atomic E-state index is 0.143. The zero-order valence-corrected chi connectivity index (χ0v) is 13.6. The van der Waals surface area contributed by atoms with Crippen LogP contribution in [0.5, 0.6) is 5.75 Å². The minimum Gasteiger partial charge on any atom is -0.497 e. The second-order valence-electron chi connectivity index (χ2n) is 5.76. The van der Waals surface area contributed by atoms with Crippen molar-refractivity contribution in [2.24, 2.45) is 0 Å². The minimum atomic E-state index is -0.885. The molecule has 3 rings (SSSR count). The van der Waals surface area contributed by atoms with Gasteiger partial charge in [0.25, 0.3) is 0 Å². The van der Waals surface area contributed by atoms with E-state index in [1.165, 1.54) is 16.9 Å². The Morgan fingerprint density at radius 2 is 1.91 bits per heavy atom. The molecule has 0 amide bonds. The Labute approximate surface area is 133 Å². The van der Waals surface area contributed by atoms with Crippen LogP contribution in [0.15, 0.2) is 24.3 Å². The van der Waals surface area contributed by atoms with Gasteiger partial charge in [-0.2, -0.15) is 0 Å². The van der Waals surface area contributed by atoms with Crippen molar-refractivity contribution < 1.29 is 14.6 Å². The summed E-state index contributed by atoms with van der Waals surface area (Å²) >= 11 is 1.33. The van der Waals surface area contributed by atoms with Gasteiger partial charge in [-0.3, -0.25) is 0 Å². The van der Waals surface area contributed by atoms with Crippen LogP contribution in [0, 0.1) is 6.92 Å². The number of carboxylic acids is 1. The number of benzene rings is 1. The summed E-state index contributed by atoms with van der Waals surface area (Å²) in [6.45, 7) is 1.78. The van der Waals surface area contributed by atoms with Gasteiger partial charge in [0.1, 0.15) is 15.6 Å². The van der Waals surface area contributed by atoms with Crippen molar-refractivity contribution in [2.45, 2.75) is 38.0 Å². The number of rotatable bonds is 4. The van der Waals surface area contributed by atoms with Crippen molar-refractivity contribution in [3.05, 3.63) is 45.4 Å². The highest BCUT2D eigenvalue weighted by Crippen LogP contribution is 2.48. The van der Waals surface area contributed by atoms with Crippen molar-refractivity contribution in [1.82, 2.24) is 4.98 Å². The lowest BCUT2D eigenvalue weighted by molar-refractivity contribution is 0.0701. The van der Waals surface area contributed by atoms with Crippen molar-refractivity contribution in [3.63, 3.8) is 0 Å². The first-order valence-electron chi connectivity index (χ1n) is 7.42. The average Bonchev–Trinajstić information content (AvgIpc) is 3.15. The lowest BCUT2D eigenvalue weighted by Crippen LogP contribution is -2.23. The molecule has 1 aliphatic carbocycles. The molecule has 4 nitrogen and oxygen atoms in total. The third-order valence-corrected chi connectivity index (χ3v) is 5.85. The van der Waals surface area contributed by atoms with Gasteiger partial charge in [0.2, 0.25) is 0 Å². The maximum absolute atomic E-state index is 11.3. The van der Waals surface area contributed by atoms with Crippen molar-refractivity contribution in [3.8, 4) is 5.75 Å². The predicted molar refractivity (Wildman–Crippen MR) is 86.1 cm³/mol. The number of nitrogens with zero attached hydrogens (tertiary/aromatic N) is 1. The summed E-state index contributed by atoms with van der Waals surface area (Å²) in [5.74, 6) is -0.0532. The Bertz CT molecular complexity index is 684. The maximum Gasteiger partial charge on any atom is 0.347 e. The van der Waals surface area contributed by atoms with Crippen LogP contribution in [0.1, 0.15) is 51.6 Å². The summed E-state index contributed by atoms with van der Waals surface area (Å²) in [5.41, 5.74) is 1.68. The summed E-state index contributed by atoms with van der Waals surface area (Å²) in [6.07, 6.45) is 4.33. The Kier molecular flexibility index (Phi) is 3.91. The van der Waals surface area contributed by atoms with E-state index in [1.54, 1.807) is 14.0 Å². The Balaban J connectivity index is 2.08. The van der Waals surface area contributed by atoms with Crippen molar-refractivity contribution in [2.75, 3.05) is 7.11 Å². The van der Waals surface area contributed by atoms with Gasteiger partial charge in [0.15, 0.2) is 0 Å². The van der Waals surface area contributed by atoms with Crippen LogP contribution in [-0.4, -0.2) is 23.2 Å². The van der Waals surface area contributed by atoms with Gasteiger partial charge in [-0.05, 0) is 37.5 Å². The molecule has 0 aliphatic heterocycles. The monoisotopic (exact) mass is 317 g/mol. The predicted octanol–water partition coefficient (Wildman–Crippen LogP) is 4.02. The Morgan fingerprint density at radius 1 is 1.27 bits per heavy atom. The molecule has 0 bridgehead atoms. The van der Waals surface area contributed by atoms with Gasteiger partial charge in [0, 0.05) is 5.41 Å². The highest BCUT2D eigenvalue weighted by Gasteiger charge is 2.40. The molecule has 0 unspecified atom stereocenters. The summed E-state index contributed by atoms with van der Waals surface area (Å²) in [5, 5.41) is 10.2. The maximum atomic E-state index is 11.3. The number of hydrogen-bond donors (Lipinski definition) is 1. The molecule has 116 valence electrons. The number of aromatic nitrogens is 1. The van der Waals surface area contributed by atoms with Crippen LogP contribution in [0.4, 0.5) is 0 Å². The first-order chi connectivity index (χ1) is 10.6. The molecule has 1 saturated carbocycles. The number of carbonyl (C=O) groups is 1. The fourth-order valence-electron chi connectivity index (χ4n) is 3.31. The first kappa shape index (κ1) is 15.0. The molecule has 2 aromatic rings. The highest BCUT2D eigenvalue weighted by atomic mass is 32.1. The van der Waals surface area contributed by atoms with Crippen molar-refractivity contribution in [1.29, 1.82) is 0 Å². The molecule has 0 saturated heterocycles. The summed E-state index contributed by atoms with van der Waals surface area (Å²) in [7, 11) is 1.66. The van der Waals surface area contributed by atoms with E-state index in [0.717, 1.165) is 36.4 Å². The molecule has 1 heterocycles. The Morgan fingerprint density at radius 3 is 2.41 bits per heavy atom. The fraction of sp³-hybridized carbons (Fsp3) is 0.412. The number of thiazole rings is 1. The van der Waals surface area contributed by atoms with E-state index in [-0.39, 0.29) is 5.41 Å². The topological polar surface area (TPSA) is 59.4 Å². The molecule has 22 heavy (non-hydrogen) atoms. The molecule has 5 heteroatoms. The van der Waals surface area contributed by atoms with Gasteiger partial charge in [0.05, 0.1) is 12.8 Å². The smallest absolute Gasteiger partial charge is 0.347 e. The second kappa shape index (κ2) is 5.72. The van der Waals surface area contributed by atoms with Crippen LogP contribution in [0.25, 0.3) is 0 Å². The SMILES string of the molecule is COc1ccc(C2(c3nc(C)c(C(=O)O)s3)CCCC2)cc1. The highest BCUT2D eigenvalue weighted by molar-refractivity contribution is 7.13. The summed E-state index contributed by atoms with van der Waals surface area (Å²) in [4.78, 5) is 16.3. The molecule has 1 N–H and O–H groups in total. The molecule has 0 spiro atoms. The molecule has 1 aliphatic rings. The number of carboxylic acid groups (broad SMARTS) is 1. The van der Waals surface area contributed by atoms with E-state index in [2.05, 4.69) is 17.1 Å². The lowest BCUT2D eigenvalue weighted by Gasteiger charge is -2.27. The molecule has 1 aromatic heterocycles. The average molecular weight is 317 g/mol. The molecule has 0 atom stereocenters. The van der Waals surface area contributed by atoms with Gasteiger partial charge >= 0.3 is 5.97 Å². The summed E-state index contributed by atoms with van der Waals surface area (Å²) < 4.78 is 5.23. The van der Waals surface area contributed by atoms with Gasteiger partial charge in [-0.1, -0.05) is 25.0 Å². The molecule has 1 aromatic carbocycles. The fourth-order valence-corrected chi connectivity index (χ4v) is 4.49. The van der Waals surface area contributed by atoms with Gasteiger partial charge in [-0.25, -0.2) is 9.78 Å². The van der Waals surface area contributed by atoms with Crippen molar-refractivity contribution >= 4 is 17.3 Å². The lowest BCUT2D eigenvalue weighted by atomic mass is 9.79. The van der Waals surface area contributed by atoms with Crippen LogP contribution < -0.4 is 4.74 Å².